The van der Waals surface area contributed by atoms with Gasteiger partial charge in [-0.2, -0.15) is 5.26 Å². The Labute approximate surface area is 124 Å². The lowest BCUT2D eigenvalue weighted by molar-refractivity contribution is 0.354. The van der Waals surface area contributed by atoms with E-state index in [9.17, 15) is 0 Å². The van der Waals surface area contributed by atoms with Gasteiger partial charge in [-0.05, 0) is 29.3 Å². The van der Waals surface area contributed by atoms with Crippen LogP contribution in [0.25, 0.3) is 0 Å². The van der Waals surface area contributed by atoms with Gasteiger partial charge in [-0.3, -0.25) is 0 Å². The second kappa shape index (κ2) is 6.82. The van der Waals surface area contributed by atoms with Crippen LogP contribution in [0.1, 0.15) is 16.8 Å². The Bertz CT molecular complexity index is 656. The van der Waals surface area contributed by atoms with Crippen LogP contribution in [0.15, 0.2) is 30.5 Å². The molecule has 1 aromatic carbocycles. The lowest BCUT2D eigenvalue weighted by atomic mass is 10.2. The minimum absolute atomic E-state index is 0.665. The van der Waals surface area contributed by atoms with Crippen molar-refractivity contribution >= 4 is 0 Å². The molecule has 0 aliphatic rings. The maximum atomic E-state index is 8.93. The molecule has 2 aromatic rings. The smallest absolute Gasteiger partial charge is 0.161 e. The van der Waals surface area contributed by atoms with Crippen molar-refractivity contribution in [3.8, 4) is 17.6 Å². The number of aryl methyl sites for hydroxylation is 1. The van der Waals surface area contributed by atoms with Crippen LogP contribution in [-0.4, -0.2) is 18.8 Å². The number of rotatable bonds is 6. The molecule has 0 bridgehead atoms. The number of methoxy groups -OCH3 is 2. The molecule has 0 unspecified atom stereocenters. The predicted octanol–water partition coefficient (Wildman–Crippen LogP) is 2.20. The van der Waals surface area contributed by atoms with Gasteiger partial charge in [0, 0.05) is 26.3 Å². The van der Waals surface area contributed by atoms with Gasteiger partial charge >= 0.3 is 0 Å². The van der Waals surface area contributed by atoms with Crippen molar-refractivity contribution in [2.24, 2.45) is 7.05 Å². The highest BCUT2D eigenvalue weighted by atomic mass is 16.5. The third-order valence-electron chi connectivity index (χ3n) is 3.28. The van der Waals surface area contributed by atoms with Gasteiger partial charge in [0.1, 0.15) is 11.8 Å². The zero-order valence-corrected chi connectivity index (χ0v) is 12.5. The maximum absolute atomic E-state index is 8.93. The van der Waals surface area contributed by atoms with Gasteiger partial charge in [-0.15, -0.1) is 0 Å². The number of nitriles is 1. The summed E-state index contributed by atoms with van der Waals surface area (Å²) in [6.45, 7) is 1.43. The van der Waals surface area contributed by atoms with Crippen molar-refractivity contribution in [3.63, 3.8) is 0 Å². The molecule has 0 radical (unpaired) electrons. The predicted molar refractivity (Wildman–Crippen MR) is 80.2 cm³/mol. The SMILES string of the molecule is COc1ccc(CNCc2cc(C#N)n(C)c2)cc1OC. The fraction of sp³-hybridized carbons (Fsp3) is 0.312. The highest BCUT2D eigenvalue weighted by Gasteiger charge is 2.05. The van der Waals surface area contributed by atoms with E-state index < -0.39 is 0 Å². The van der Waals surface area contributed by atoms with E-state index in [1.54, 1.807) is 14.2 Å². The van der Waals surface area contributed by atoms with Crippen LogP contribution in [0.2, 0.25) is 0 Å². The van der Waals surface area contributed by atoms with E-state index in [4.69, 9.17) is 14.7 Å². The Balaban J connectivity index is 1.95. The van der Waals surface area contributed by atoms with E-state index in [-0.39, 0.29) is 0 Å². The zero-order valence-electron chi connectivity index (χ0n) is 12.5. The number of aromatic nitrogens is 1. The molecule has 0 saturated heterocycles. The molecule has 2 rings (SSSR count). The van der Waals surface area contributed by atoms with Crippen LogP contribution in [0.3, 0.4) is 0 Å². The van der Waals surface area contributed by atoms with E-state index in [1.807, 2.05) is 42.1 Å². The largest absolute Gasteiger partial charge is 0.493 e. The summed E-state index contributed by atoms with van der Waals surface area (Å²) in [6.07, 6.45) is 1.96. The third kappa shape index (κ3) is 3.56. The Morgan fingerprint density at radius 3 is 2.43 bits per heavy atom. The number of nitrogens with one attached hydrogen (secondary N) is 1. The minimum atomic E-state index is 0.665. The molecule has 1 N–H and O–H groups in total. The Morgan fingerprint density at radius 2 is 1.81 bits per heavy atom. The van der Waals surface area contributed by atoms with Crippen LogP contribution >= 0.6 is 0 Å². The summed E-state index contributed by atoms with van der Waals surface area (Å²) >= 11 is 0. The van der Waals surface area contributed by atoms with E-state index in [0.717, 1.165) is 29.2 Å². The number of hydrogen-bond donors (Lipinski definition) is 1. The van der Waals surface area contributed by atoms with E-state index in [0.29, 0.717) is 12.2 Å². The van der Waals surface area contributed by atoms with Gasteiger partial charge in [-0.1, -0.05) is 6.07 Å². The van der Waals surface area contributed by atoms with Crippen LogP contribution in [0.4, 0.5) is 0 Å². The van der Waals surface area contributed by atoms with Crippen LogP contribution in [-0.2, 0) is 20.1 Å². The molecule has 0 aliphatic carbocycles. The molecular weight excluding hydrogens is 266 g/mol. The van der Waals surface area contributed by atoms with Crippen molar-refractivity contribution in [2.45, 2.75) is 13.1 Å². The first-order chi connectivity index (χ1) is 10.2. The molecule has 0 spiro atoms. The molecule has 0 fully saturated rings. The summed E-state index contributed by atoms with van der Waals surface area (Å²) in [5, 5.41) is 12.3. The molecule has 5 nitrogen and oxygen atoms in total. The van der Waals surface area contributed by atoms with E-state index in [2.05, 4.69) is 11.4 Å². The molecule has 110 valence electrons. The van der Waals surface area contributed by atoms with Crippen molar-refractivity contribution < 1.29 is 9.47 Å². The minimum Gasteiger partial charge on any atom is -0.493 e. The van der Waals surface area contributed by atoms with Gasteiger partial charge < -0.3 is 19.4 Å². The molecule has 1 aromatic heterocycles. The molecule has 1 heterocycles. The van der Waals surface area contributed by atoms with Crippen LogP contribution in [0.5, 0.6) is 11.5 Å². The molecule has 21 heavy (non-hydrogen) atoms. The first-order valence-electron chi connectivity index (χ1n) is 6.65. The Kier molecular flexibility index (Phi) is 4.85. The molecule has 0 saturated carbocycles. The standard InChI is InChI=1S/C16H19N3O2/c1-19-11-13(6-14(19)8-17)10-18-9-12-4-5-15(20-2)16(7-12)21-3/h4-7,11,18H,9-10H2,1-3H3. The molecule has 0 aliphatic heterocycles. The molecular formula is C16H19N3O2. The fourth-order valence-corrected chi connectivity index (χ4v) is 2.18. The number of nitrogens with zero attached hydrogens (tertiary/aromatic N) is 2. The highest BCUT2D eigenvalue weighted by Crippen LogP contribution is 2.27. The van der Waals surface area contributed by atoms with Crippen molar-refractivity contribution in [1.82, 2.24) is 9.88 Å². The first-order valence-corrected chi connectivity index (χ1v) is 6.65. The van der Waals surface area contributed by atoms with Crippen molar-refractivity contribution in [1.29, 1.82) is 5.26 Å². The normalized spacial score (nSPS) is 10.2. The summed E-state index contributed by atoms with van der Waals surface area (Å²) in [7, 11) is 5.12. The van der Waals surface area contributed by atoms with Gasteiger partial charge in [0.2, 0.25) is 0 Å². The maximum Gasteiger partial charge on any atom is 0.161 e. The third-order valence-corrected chi connectivity index (χ3v) is 3.28. The topological polar surface area (TPSA) is 59.2 Å². The highest BCUT2D eigenvalue weighted by molar-refractivity contribution is 5.42. The average Bonchev–Trinajstić information content (AvgIpc) is 2.87. The van der Waals surface area contributed by atoms with E-state index >= 15 is 0 Å². The van der Waals surface area contributed by atoms with Crippen LogP contribution in [0, 0.1) is 11.3 Å². The summed E-state index contributed by atoms with van der Waals surface area (Å²) in [5.74, 6) is 1.45. The van der Waals surface area contributed by atoms with E-state index in [1.165, 1.54) is 0 Å². The average molecular weight is 285 g/mol. The number of ether oxygens (including phenoxy) is 2. The van der Waals surface area contributed by atoms with Gasteiger partial charge in [0.05, 0.1) is 14.2 Å². The summed E-state index contributed by atoms with van der Waals surface area (Å²) in [4.78, 5) is 0. The summed E-state index contributed by atoms with van der Waals surface area (Å²) < 4.78 is 12.3. The second-order valence-electron chi connectivity index (χ2n) is 4.75. The molecule has 5 heteroatoms. The lowest BCUT2D eigenvalue weighted by Gasteiger charge is -2.10. The quantitative estimate of drug-likeness (QED) is 0.884. The Hall–Kier alpha value is -2.45. The molecule has 0 atom stereocenters. The molecule has 0 amide bonds. The van der Waals surface area contributed by atoms with Gasteiger partial charge in [0.15, 0.2) is 11.5 Å². The zero-order chi connectivity index (χ0) is 15.2. The van der Waals surface area contributed by atoms with Gasteiger partial charge in [-0.25, -0.2) is 0 Å². The first kappa shape index (κ1) is 14.9. The fourth-order valence-electron chi connectivity index (χ4n) is 2.18. The summed E-state index contributed by atoms with van der Waals surface area (Å²) in [5.41, 5.74) is 2.87. The summed E-state index contributed by atoms with van der Waals surface area (Å²) in [6, 6.07) is 9.90. The van der Waals surface area contributed by atoms with Crippen molar-refractivity contribution in [3.05, 3.63) is 47.3 Å². The number of hydrogen-bond acceptors (Lipinski definition) is 4. The second-order valence-corrected chi connectivity index (χ2v) is 4.75. The lowest BCUT2D eigenvalue weighted by Crippen LogP contribution is -2.12. The monoisotopic (exact) mass is 285 g/mol. The van der Waals surface area contributed by atoms with Crippen LogP contribution < -0.4 is 14.8 Å². The van der Waals surface area contributed by atoms with Gasteiger partial charge in [0.25, 0.3) is 0 Å². The number of benzene rings is 1. The Morgan fingerprint density at radius 1 is 1.10 bits per heavy atom. The van der Waals surface area contributed by atoms with Crippen molar-refractivity contribution in [2.75, 3.05) is 14.2 Å².